The van der Waals surface area contributed by atoms with Crippen LogP contribution in [0.3, 0.4) is 0 Å². The van der Waals surface area contributed by atoms with Crippen LogP contribution in [0, 0.1) is 5.92 Å². The average molecular weight is 331 g/mol. The van der Waals surface area contributed by atoms with Gasteiger partial charge < -0.3 is 19.8 Å². The lowest BCUT2D eigenvalue weighted by atomic mass is 9.86. The average Bonchev–Trinajstić information content (AvgIpc) is 2.99. The maximum absolute atomic E-state index is 5.87. The quantitative estimate of drug-likeness (QED) is 0.869. The molecule has 2 unspecified atom stereocenters. The number of hydrogen-bond acceptors (Lipinski definition) is 5. The van der Waals surface area contributed by atoms with E-state index in [-0.39, 0.29) is 12.1 Å². The Morgan fingerprint density at radius 2 is 2.12 bits per heavy atom. The molecule has 0 amide bonds. The Kier molecular flexibility index (Phi) is 5.29. The van der Waals surface area contributed by atoms with Gasteiger partial charge in [0, 0.05) is 31.1 Å². The van der Waals surface area contributed by atoms with Crippen molar-refractivity contribution in [1.82, 2.24) is 10.3 Å². The lowest BCUT2D eigenvalue weighted by molar-refractivity contribution is 0.222. The molecule has 0 saturated carbocycles. The minimum Gasteiger partial charge on any atom is -0.490 e. The molecular formula is C19H29N3O2. The maximum Gasteiger partial charge on any atom is 0.161 e. The molecule has 0 bridgehead atoms. The van der Waals surface area contributed by atoms with Gasteiger partial charge in [0.15, 0.2) is 11.5 Å². The molecule has 24 heavy (non-hydrogen) atoms. The van der Waals surface area contributed by atoms with Crippen molar-refractivity contribution in [2.24, 2.45) is 11.0 Å². The molecule has 2 aliphatic rings. The van der Waals surface area contributed by atoms with Gasteiger partial charge in [0.1, 0.15) is 0 Å². The fraction of sp³-hybridized carbons (Fsp3) is 0.632. The predicted molar refractivity (Wildman–Crippen MR) is 96.9 cm³/mol. The summed E-state index contributed by atoms with van der Waals surface area (Å²) in [6.07, 6.45) is 1.19. The molecule has 0 radical (unpaired) electrons. The van der Waals surface area contributed by atoms with Crippen molar-refractivity contribution < 1.29 is 9.47 Å². The van der Waals surface area contributed by atoms with Crippen LogP contribution in [0.15, 0.2) is 23.3 Å². The van der Waals surface area contributed by atoms with E-state index in [2.05, 4.69) is 34.5 Å². The molecule has 2 heterocycles. The van der Waals surface area contributed by atoms with Gasteiger partial charge in [-0.15, -0.1) is 0 Å². The number of rotatable bonds is 6. The third-order valence-corrected chi connectivity index (χ3v) is 4.75. The summed E-state index contributed by atoms with van der Waals surface area (Å²) in [4.78, 5) is 2.50. The second kappa shape index (κ2) is 7.43. The van der Waals surface area contributed by atoms with E-state index >= 15 is 0 Å². The van der Waals surface area contributed by atoms with Crippen LogP contribution in [0.2, 0.25) is 0 Å². The molecule has 0 spiro atoms. The van der Waals surface area contributed by atoms with E-state index in [1.807, 2.05) is 26.8 Å². The van der Waals surface area contributed by atoms with Gasteiger partial charge in [0.2, 0.25) is 0 Å². The van der Waals surface area contributed by atoms with Crippen LogP contribution in [-0.2, 0) is 0 Å². The Balaban J connectivity index is 1.82. The van der Waals surface area contributed by atoms with Gasteiger partial charge in [-0.25, -0.2) is 0 Å². The van der Waals surface area contributed by atoms with E-state index < -0.39 is 0 Å². The van der Waals surface area contributed by atoms with Gasteiger partial charge in [-0.1, -0.05) is 13.0 Å². The Hall–Kier alpha value is -1.75. The highest BCUT2D eigenvalue weighted by Gasteiger charge is 2.36. The highest BCUT2D eigenvalue weighted by Crippen LogP contribution is 2.37. The van der Waals surface area contributed by atoms with Gasteiger partial charge >= 0.3 is 0 Å². The minimum atomic E-state index is 0.131. The van der Waals surface area contributed by atoms with Crippen molar-refractivity contribution >= 4 is 5.71 Å². The van der Waals surface area contributed by atoms with Crippen molar-refractivity contribution in [3.05, 3.63) is 23.8 Å². The highest BCUT2D eigenvalue weighted by molar-refractivity contribution is 5.90. The van der Waals surface area contributed by atoms with E-state index in [9.17, 15) is 0 Å². The first-order chi connectivity index (χ1) is 11.6. The topological polar surface area (TPSA) is 46.1 Å². The molecule has 0 aromatic heterocycles. The van der Waals surface area contributed by atoms with Crippen LogP contribution in [0.5, 0.6) is 11.5 Å². The standard InChI is InChI=1S/C19H29N3O2/c1-5-22-10-9-16-15(12-22)19(21-20-16)14-7-8-17(24-13(3)4)18(11-14)23-6-2/h7-8,11,13,15,19,21H,5-6,9-10,12H2,1-4H3. The van der Waals surface area contributed by atoms with Crippen molar-refractivity contribution in [2.45, 2.75) is 46.3 Å². The third kappa shape index (κ3) is 3.51. The maximum atomic E-state index is 5.87. The molecule has 3 rings (SSSR count). The molecule has 2 aliphatic heterocycles. The zero-order valence-electron chi connectivity index (χ0n) is 15.2. The summed E-state index contributed by atoms with van der Waals surface area (Å²) in [5, 5.41) is 4.60. The number of ether oxygens (including phenoxy) is 2. The highest BCUT2D eigenvalue weighted by atomic mass is 16.5. The molecule has 1 aromatic rings. The Morgan fingerprint density at radius 1 is 1.29 bits per heavy atom. The summed E-state index contributed by atoms with van der Waals surface area (Å²) in [6.45, 7) is 12.2. The zero-order chi connectivity index (χ0) is 17.1. The molecule has 132 valence electrons. The summed E-state index contributed by atoms with van der Waals surface area (Å²) in [6, 6.07) is 6.51. The summed E-state index contributed by atoms with van der Waals surface area (Å²) in [5.74, 6) is 2.08. The number of hydrazone groups is 1. The second-order valence-corrected chi connectivity index (χ2v) is 6.77. The molecule has 1 saturated heterocycles. The fourth-order valence-corrected chi connectivity index (χ4v) is 3.54. The zero-order valence-corrected chi connectivity index (χ0v) is 15.2. The van der Waals surface area contributed by atoms with Crippen LogP contribution in [0.4, 0.5) is 0 Å². The molecular weight excluding hydrogens is 302 g/mol. The van der Waals surface area contributed by atoms with Crippen molar-refractivity contribution in [3.8, 4) is 11.5 Å². The molecule has 5 nitrogen and oxygen atoms in total. The summed E-state index contributed by atoms with van der Waals surface area (Å²) in [7, 11) is 0. The van der Waals surface area contributed by atoms with Crippen LogP contribution in [-0.4, -0.2) is 43.0 Å². The Bertz CT molecular complexity index is 600. The molecule has 1 fully saturated rings. The molecule has 5 heteroatoms. The van der Waals surface area contributed by atoms with Crippen molar-refractivity contribution in [2.75, 3.05) is 26.2 Å². The van der Waals surface area contributed by atoms with Crippen molar-refractivity contribution in [1.29, 1.82) is 0 Å². The first-order valence-electron chi connectivity index (χ1n) is 9.10. The lowest BCUT2D eigenvalue weighted by Gasteiger charge is -2.33. The van der Waals surface area contributed by atoms with Crippen LogP contribution in [0.25, 0.3) is 0 Å². The fourth-order valence-electron chi connectivity index (χ4n) is 3.54. The predicted octanol–water partition coefficient (Wildman–Crippen LogP) is 3.21. The van der Waals surface area contributed by atoms with E-state index in [4.69, 9.17) is 9.47 Å². The van der Waals surface area contributed by atoms with E-state index in [0.717, 1.165) is 37.6 Å². The number of nitrogens with zero attached hydrogens (tertiary/aromatic N) is 2. The van der Waals surface area contributed by atoms with E-state index in [1.54, 1.807) is 0 Å². The number of benzene rings is 1. The summed E-state index contributed by atoms with van der Waals surface area (Å²) < 4.78 is 11.7. The Morgan fingerprint density at radius 3 is 2.83 bits per heavy atom. The van der Waals surface area contributed by atoms with Gasteiger partial charge in [-0.2, -0.15) is 5.10 Å². The SMILES string of the molecule is CCOc1cc(C2NN=C3CCN(CC)CC32)ccc1OC(C)C. The summed E-state index contributed by atoms with van der Waals surface area (Å²) in [5.41, 5.74) is 5.88. The third-order valence-electron chi connectivity index (χ3n) is 4.75. The minimum absolute atomic E-state index is 0.131. The molecule has 0 aliphatic carbocycles. The molecule has 1 N–H and O–H groups in total. The van der Waals surface area contributed by atoms with E-state index in [1.165, 1.54) is 11.3 Å². The number of nitrogens with one attached hydrogen (secondary N) is 1. The Labute approximate surface area is 145 Å². The van der Waals surface area contributed by atoms with Gasteiger partial charge in [0.25, 0.3) is 0 Å². The van der Waals surface area contributed by atoms with Gasteiger partial charge in [-0.05, 0) is 45.0 Å². The summed E-state index contributed by atoms with van der Waals surface area (Å²) >= 11 is 0. The molecule has 2 atom stereocenters. The second-order valence-electron chi connectivity index (χ2n) is 6.77. The van der Waals surface area contributed by atoms with Crippen LogP contribution >= 0.6 is 0 Å². The first-order valence-corrected chi connectivity index (χ1v) is 9.10. The monoisotopic (exact) mass is 331 g/mol. The van der Waals surface area contributed by atoms with Crippen LogP contribution < -0.4 is 14.9 Å². The van der Waals surface area contributed by atoms with Gasteiger partial charge in [-0.3, -0.25) is 0 Å². The smallest absolute Gasteiger partial charge is 0.161 e. The largest absolute Gasteiger partial charge is 0.490 e. The lowest BCUT2D eigenvalue weighted by Crippen LogP contribution is -2.41. The van der Waals surface area contributed by atoms with Crippen molar-refractivity contribution in [3.63, 3.8) is 0 Å². The molecule has 1 aromatic carbocycles. The normalized spacial score (nSPS) is 23.6. The number of likely N-dealkylation sites (tertiary alicyclic amines) is 1. The number of piperidine rings is 1. The first kappa shape index (κ1) is 17.1. The van der Waals surface area contributed by atoms with Crippen LogP contribution in [0.1, 0.15) is 45.7 Å². The van der Waals surface area contributed by atoms with Gasteiger partial charge in [0.05, 0.1) is 18.8 Å². The number of hydrogen-bond donors (Lipinski definition) is 1. The van der Waals surface area contributed by atoms with E-state index in [0.29, 0.717) is 12.5 Å². The number of fused-ring (bicyclic) bond motifs is 1.